The lowest BCUT2D eigenvalue weighted by Gasteiger charge is -2.39. The molecule has 2 saturated heterocycles. The van der Waals surface area contributed by atoms with E-state index in [1.807, 2.05) is 24.8 Å². The fourth-order valence-electron chi connectivity index (χ4n) is 4.80. The van der Waals surface area contributed by atoms with E-state index in [9.17, 15) is 13.2 Å². The van der Waals surface area contributed by atoms with Crippen molar-refractivity contribution in [3.8, 4) is 0 Å². The van der Waals surface area contributed by atoms with E-state index in [0.717, 1.165) is 11.8 Å². The molecule has 0 spiro atoms. The van der Waals surface area contributed by atoms with E-state index >= 15 is 0 Å². The third kappa shape index (κ3) is 2.37. The Kier molecular flexibility index (Phi) is 3.86. The van der Waals surface area contributed by atoms with Gasteiger partial charge in [-0.15, -0.1) is 0 Å². The molecule has 2 aliphatic heterocycles. The Morgan fingerprint density at radius 1 is 1.27 bits per heavy atom. The van der Waals surface area contributed by atoms with Gasteiger partial charge < -0.3 is 4.90 Å². The normalized spacial score (nSPS) is 25.6. The molecule has 1 aromatic carbocycles. The summed E-state index contributed by atoms with van der Waals surface area (Å²) in [6.45, 7) is 6.59. The van der Waals surface area contributed by atoms with Crippen molar-refractivity contribution in [3.05, 3.63) is 36.7 Å². The first-order valence-corrected chi connectivity index (χ1v) is 10.3. The lowest BCUT2D eigenvalue weighted by molar-refractivity contribution is -0.131. The van der Waals surface area contributed by atoms with Crippen LogP contribution in [-0.2, 0) is 14.8 Å². The van der Waals surface area contributed by atoms with Gasteiger partial charge in [0.25, 0.3) is 0 Å². The average molecular weight is 373 g/mol. The Bertz CT molecular complexity index is 981. The SMILES string of the molecule is CC(=O)N1CCC2CN(S(=O)(=O)c3cccc4cnccc34)C(C)(C)C21. The molecule has 2 aliphatic rings. The number of hydrogen-bond donors (Lipinski definition) is 0. The summed E-state index contributed by atoms with van der Waals surface area (Å²) in [5, 5.41) is 1.48. The molecule has 2 unspecified atom stereocenters. The van der Waals surface area contributed by atoms with Gasteiger partial charge in [0.1, 0.15) is 0 Å². The number of aromatic nitrogens is 1. The zero-order valence-corrected chi connectivity index (χ0v) is 16.0. The Hall–Kier alpha value is -1.99. The molecule has 1 aromatic heterocycles. The van der Waals surface area contributed by atoms with Crippen molar-refractivity contribution in [2.24, 2.45) is 5.92 Å². The second-order valence-corrected chi connectivity index (χ2v) is 9.58. The Labute approximate surface area is 153 Å². The molecule has 2 fully saturated rings. The summed E-state index contributed by atoms with van der Waals surface area (Å²) in [5.74, 6) is 0.196. The second kappa shape index (κ2) is 5.76. The van der Waals surface area contributed by atoms with Crippen LogP contribution >= 0.6 is 0 Å². The molecule has 2 atom stereocenters. The van der Waals surface area contributed by atoms with Crippen molar-refractivity contribution in [1.82, 2.24) is 14.2 Å². The highest BCUT2D eigenvalue weighted by molar-refractivity contribution is 7.89. The summed E-state index contributed by atoms with van der Waals surface area (Å²) in [5.41, 5.74) is -0.652. The van der Waals surface area contributed by atoms with Crippen LogP contribution in [0.25, 0.3) is 10.8 Å². The van der Waals surface area contributed by atoms with Crippen LogP contribution in [0.2, 0.25) is 0 Å². The number of amides is 1. The number of pyridine rings is 1. The summed E-state index contributed by atoms with van der Waals surface area (Å²) in [7, 11) is -3.70. The van der Waals surface area contributed by atoms with E-state index in [1.165, 1.54) is 0 Å². The maximum absolute atomic E-state index is 13.6. The molecular weight excluding hydrogens is 350 g/mol. The summed E-state index contributed by atoms with van der Waals surface area (Å²) in [6.07, 6.45) is 4.14. The molecule has 138 valence electrons. The van der Waals surface area contributed by atoms with Crippen LogP contribution in [0.15, 0.2) is 41.6 Å². The molecular formula is C19H23N3O3S. The van der Waals surface area contributed by atoms with Gasteiger partial charge in [-0.05, 0) is 38.3 Å². The van der Waals surface area contributed by atoms with E-state index in [-0.39, 0.29) is 17.9 Å². The van der Waals surface area contributed by atoms with Gasteiger partial charge in [0, 0.05) is 43.2 Å². The van der Waals surface area contributed by atoms with Crippen LogP contribution in [0.4, 0.5) is 0 Å². The van der Waals surface area contributed by atoms with Gasteiger partial charge in [-0.3, -0.25) is 9.78 Å². The Morgan fingerprint density at radius 3 is 2.77 bits per heavy atom. The van der Waals surface area contributed by atoms with Gasteiger partial charge in [0.15, 0.2) is 0 Å². The van der Waals surface area contributed by atoms with Gasteiger partial charge in [0.05, 0.1) is 16.5 Å². The first-order valence-electron chi connectivity index (χ1n) is 8.87. The van der Waals surface area contributed by atoms with E-state index in [4.69, 9.17) is 0 Å². The number of likely N-dealkylation sites (tertiary alicyclic amines) is 1. The molecule has 0 N–H and O–H groups in total. The highest BCUT2D eigenvalue weighted by atomic mass is 32.2. The van der Waals surface area contributed by atoms with Crippen LogP contribution < -0.4 is 0 Å². The van der Waals surface area contributed by atoms with Crippen LogP contribution in [-0.4, -0.2) is 53.2 Å². The van der Waals surface area contributed by atoms with Crippen molar-refractivity contribution in [3.63, 3.8) is 0 Å². The van der Waals surface area contributed by atoms with Gasteiger partial charge >= 0.3 is 0 Å². The highest BCUT2D eigenvalue weighted by Gasteiger charge is 2.57. The standard InChI is InChI=1S/C19H23N3O3S/c1-13(23)21-10-8-15-12-22(19(2,3)18(15)21)26(24,25)17-6-4-5-14-11-20-9-7-16(14)17/h4-7,9,11,15,18H,8,10,12H2,1-3H3. The maximum atomic E-state index is 13.6. The molecule has 0 radical (unpaired) electrons. The molecule has 3 heterocycles. The average Bonchev–Trinajstić information content (AvgIpc) is 3.14. The minimum Gasteiger partial charge on any atom is -0.338 e. The third-order valence-corrected chi connectivity index (χ3v) is 8.01. The van der Waals surface area contributed by atoms with Crippen molar-refractivity contribution >= 4 is 26.7 Å². The molecule has 6 nitrogen and oxygen atoms in total. The van der Waals surface area contributed by atoms with Gasteiger partial charge in [0.2, 0.25) is 15.9 Å². The zero-order chi connectivity index (χ0) is 18.7. The number of carbonyl (C=O) groups excluding carboxylic acids is 1. The lowest BCUT2D eigenvalue weighted by Crippen LogP contribution is -2.54. The van der Waals surface area contributed by atoms with E-state index in [0.29, 0.717) is 23.4 Å². The smallest absolute Gasteiger partial charge is 0.244 e. The van der Waals surface area contributed by atoms with Crippen molar-refractivity contribution < 1.29 is 13.2 Å². The number of rotatable bonds is 2. The minimum atomic E-state index is -3.70. The maximum Gasteiger partial charge on any atom is 0.244 e. The van der Waals surface area contributed by atoms with Crippen molar-refractivity contribution in [2.75, 3.05) is 13.1 Å². The molecule has 1 amide bonds. The van der Waals surface area contributed by atoms with E-state index < -0.39 is 15.6 Å². The lowest BCUT2D eigenvalue weighted by atomic mass is 9.91. The molecule has 4 rings (SSSR count). The fourth-order valence-corrected chi connectivity index (χ4v) is 6.87. The summed E-state index contributed by atoms with van der Waals surface area (Å²) in [6, 6.07) is 6.94. The number of nitrogens with zero attached hydrogens (tertiary/aromatic N) is 3. The highest BCUT2D eigenvalue weighted by Crippen LogP contribution is 2.45. The first kappa shape index (κ1) is 17.4. The van der Waals surface area contributed by atoms with Crippen LogP contribution in [0, 0.1) is 5.92 Å². The topological polar surface area (TPSA) is 70.6 Å². The Morgan fingerprint density at radius 2 is 2.04 bits per heavy atom. The first-order chi connectivity index (χ1) is 12.2. The van der Waals surface area contributed by atoms with Gasteiger partial charge in [-0.25, -0.2) is 8.42 Å². The largest absolute Gasteiger partial charge is 0.338 e. The zero-order valence-electron chi connectivity index (χ0n) is 15.2. The van der Waals surface area contributed by atoms with E-state index in [2.05, 4.69) is 4.98 Å². The number of hydrogen-bond acceptors (Lipinski definition) is 4. The van der Waals surface area contributed by atoms with Crippen LogP contribution in [0.3, 0.4) is 0 Å². The van der Waals surface area contributed by atoms with Crippen molar-refractivity contribution in [1.29, 1.82) is 0 Å². The summed E-state index contributed by atoms with van der Waals surface area (Å²) in [4.78, 5) is 18.3. The predicted molar refractivity (Wildman–Crippen MR) is 99.0 cm³/mol. The predicted octanol–water partition coefficient (Wildman–Crippen LogP) is 2.25. The van der Waals surface area contributed by atoms with Gasteiger partial charge in [-0.2, -0.15) is 4.31 Å². The molecule has 2 aromatic rings. The number of benzene rings is 1. The number of carbonyl (C=O) groups is 1. The third-order valence-electron chi connectivity index (χ3n) is 5.90. The molecule has 26 heavy (non-hydrogen) atoms. The molecule has 0 bridgehead atoms. The molecule has 7 heteroatoms. The van der Waals surface area contributed by atoms with Crippen molar-refractivity contribution in [2.45, 2.75) is 43.7 Å². The summed E-state index contributed by atoms with van der Waals surface area (Å²) >= 11 is 0. The van der Waals surface area contributed by atoms with Crippen LogP contribution in [0.5, 0.6) is 0 Å². The molecule has 0 aliphatic carbocycles. The Balaban J connectivity index is 1.81. The number of fused-ring (bicyclic) bond motifs is 2. The van der Waals surface area contributed by atoms with Gasteiger partial charge in [-0.1, -0.05) is 12.1 Å². The monoisotopic (exact) mass is 373 g/mol. The minimum absolute atomic E-state index is 0.0149. The van der Waals surface area contributed by atoms with Crippen LogP contribution in [0.1, 0.15) is 27.2 Å². The van der Waals surface area contributed by atoms with E-state index in [1.54, 1.807) is 41.8 Å². The molecule has 0 saturated carbocycles. The fraction of sp³-hybridized carbons (Fsp3) is 0.474. The quantitative estimate of drug-likeness (QED) is 0.810. The summed E-state index contributed by atoms with van der Waals surface area (Å²) < 4.78 is 28.7. The number of sulfonamides is 1. The second-order valence-electron chi connectivity index (χ2n) is 7.75.